The lowest BCUT2D eigenvalue weighted by atomic mass is 10.1. The maximum atomic E-state index is 6.17. The average molecular weight is 356 g/mol. The molecular weight excluding hydrogens is 328 g/mol. The molecule has 26 heavy (non-hydrogen) atoms. The Labute approximate surface area is 155 Å². The number of pyridine rings is 1. The number of rotatable bonds is 5. The molecular formula is C20H28N4O2. The summed E-state index contributed by atoms with van der Waals surface area (Å²) in [5.74, 6) is 0.947. The maximum Gasteiger partial charge on any atom is 0.138 e. The molecule has 6 heteroatoms. The van der Waals surface area contributed by atoms with Gasteiger partial charge in [0.05, 0.1) is 24.1 Å². The second kappa shape index (κ2) is 7.47. The normalized spacial score (nSPS) is 24.1. The van der Waals surface area contributed by atoms with E-state index in [1.165, 1.54) is 5.56 Å². The second-order valence-corrected chi connectivity index (χ2v) is 7.63. The first-order valence-corrected chi connectivity index (χ1v) is 9.51. The van der Waals surface area contributed by atoms with Crippen molar-refractivity contribution in [3.05, 3.63) is 46.6 Å². The molecule has 0 spiro atoms. The number of piperazine rings is 1. The van der Waals surface area contributed by atoms with Crippen LogP contribution in [0.25, 0.3) is 0 Å². The van der Waals surface area contributed by atoms with E-state index in [4.69, 9.17) is 9.26 Å². The third kappa shape index (κ3) is 3.82. The van der Waals surface area contributed by atoms with Crippen molar-refractivity contribution >= 4 is 0 Å². The van der Waals surface area contributed by atoms with Gasteiger partial charge in [-0.3, -0.25) is 14.8 Å². The number of hydrogen-bond donors (Lipinski definition) is 0. The van der Waals surface area contributed by atoms with Crippen LogP contribution in [0.3, 0.4) is 0 Å². The fourth-order valence-corrected chi connectivity index (χ4v) is 4.16. The van der Waals surface area contributed by atoms with E-state index in [9.17, 15) is 0 Å². The van der Waals surface area contributed by atoms with E-state index >= 15 is 0 Å². The lowest BCUT2D eigenvalue weighted by molar-refractivity contribution is 0.0439. The molecule has 2 aromatic heterocycles. The summed E-state index contributed by atoms with van der Waals surface area (Å²) >= 11 is 0. The Bertz CT molecular complexity index is 741. The zero-order valence-corrected chi connectivity index (χ0v) is 15.9. The van der Waals surface area contributed by atoms with Gasteiger partial charge in [0, 0.05) is 50.0 Å². The van der Waals surface area contributed by atoms with Crippen LogP contribution < -0.4 is 0 Å². The van der Waals surface area contributed by atoms with Gasteiger partial charge in [0.25, 0.3) is 0 Å². The molecule has 0 bridgehead atoms. The first-order chi connectivity index (χ1) is 12.6. The molecule has 4 rings (SSSR count). The number of hydrogen-bond acceptors (Lipinski definition) is 6. The molecule has 0 N–H and O–H groups in total. The molecule has 140 valence electrons. The molecule has 2 aliphatic rings. The summed E-state index contributed by atoms with van der Waals surface area (Å²) < 4.78 is 11.5. The molecule has 0 radical (unpaired) electrons. The number of aromatic nitrogens is 2. The lowest BCUT2D eigenvalue weighted by Gasteiger charge is -2.37. The molecule has 0 aliphatic carbocycles. The average Bonchev–Trinajstić information content (AvgIpc) is 3.17. The van der Waals surface area contributed by atoms with Crippen LogP contribution in [-0.4, -0.2) is 58.3 Å². The topological polar surface area (TPSA) is 54.6 Å². The summed E-state index contributed by atoms with van der Waals surface area (Å²) in [4.78, 5) is 9.64. The van der Waals surface area contributed by atoms with Crippen LogP contribution in [0, 0.1) is 20.8 Å². The standard InChI is InChI=1S/C20H28N4O2/c1-14-5-4-6-17(21-14)13-25-19-9-18-10-23(7-8-24(18)11-19)12-20-15(2)22-26-16(20)3/h4-6,18-19H,7-13H2,1-3H3/t18-,19+/m0/s1. The monoisotopic (exact) mass is 356 g/mol. The molecule has 2 saturated heterocycles. The molecule has 0 unspecified atom stereocenters. The van der Waals surface area contributed by atoms with Gasteiger partial charge in [-0.15, -0.1) is 0 Å². The quantitative estimate of drug-likeness (QED) is 0.820. The second-order valence-electron chi connectivity index (χ2n) is 7.63. The first-order valence-electron chi connectivity index (χ1n) is 9.51. The van der Waals surface area contributed by atoms with Crippen LogP contribution in [0.1, 0.15) is 34.8 Å². The number of nitrogens with zero attached hydrogens (tertiary/aromatic N) is 4. The van der Waals surface area contributed by atoms with Crippen molar-refractivity contribution in [2.75, 3.05) is 26.2 Å². The molecule has 2 fully saturated rings. The van der Waals surface area contributed by atoms with Crippen molar-refractivity contribution in [3.8, 4) is 0 Å². The highest BCUT2D eigenvalue weighted by atomic mass is 16.5. The van der Waals surface area contributed by atoms with E-state index in [-0.39, 0.29) is 0 Å². The molecule has 6 nitrogen and oxygen atoms in total. The van der Waals surface area contributed by atoms with Crippen LogP contribution >= 0.6 is 0 Å². The van der Waals surface area contributed by atoms with Gasteiger partial charge in [0.15, 0.2) is 0 Å². The third-order valence-electron chi connectivity index (χ3n) is 5.64. The molecule has 4 heterocycles. The third-order valence-corrected chi connectivity index (χ3v) is 5.64. The number of ether oxygens (including phenoxy) is 1. The van der Waals surface area contributed by atoms with Crippen molar-refractivity contribution in [1.82, 2.24) is 19.9 Å². The Kier molecular flexibility index (Phi) is 5.07. The predicted octanol–water partition coefficient (Wildman–Crippen LogP) is 2.47. The van der Waals surface area contributed by atoms with E-state index < -0.39 is 0 Å². The van der Waals surface area contributed by atoms with Gasteiger partial charge < -0.3 is 9.26 Å². The Hall–Kier alpha value is -1.76. The van der Waals surface area contributed by atoms with Crippen molar-refractivity contribution in [1.29, 1.82) is 0 Å². The Morgan fingerprint density at radius 3 is 2.85 bits per heavy atom. The molecule has 2 aromatic rings. The highest BCUT2D eigenvalue weighted by Crippen LogP contribution is 2.26. The summed E-state index contributed by atoms with van der Waals surface area (Å²) in [6.07, 6.45) is 1.41. The van der Waals surface area contributed by atoms with E-state index in [0.717, 1.165) is 62.0 Å². The van der Waals surface area contributed by atoms with E-state index in [0.29, 0.717) is 18.8 Å². The highest BCUT2D eigenvalue weighted by molar-refractivity contribution is 5.20. The van der Waals surface area contributed by atoms with E-state index in [1.807, 2.05) is 39.0 Å². The summed E-state index contributed by atoms with van der Waals surface area (Å²) in [6.45, 7) is 11.9. The van der Waals surface area contributed by atoms with Gasteiger partial charge in [-0.2, -0.15) is 0 Å². The van der Waals surface area contributed by atoms with Gasteiger partial charge in [0.2, 0.25) is 0 Å². The van der Waals surface area contributed by atoms with Crippen molar-refractivity contribution in [2.45, 2.75) is 52.5 Å². The van der Waals surface area contributed by atoms with Gasteiger partial charge in [-0.05, 0) is 39.3 Å². The Morgan fingerprint density at radius 1 is 1.19 bits per heavy atom. The molecule has 0 aromatic carbocycles. The Morgan fingerprint density at radius 2 is 2.08 bits per heavy atom. The summed E-state index contributed by atoms with van der Waals surface area (Å²) in [5, 5.41) is 4.08. The van der Waals surface area contributed by atoms with Crippen LogP contribution in [0.2, 0.25) is 0 Å². The summed E-state index contributed by atoms with van der Waals surface area (Å²) in [5.41, 5.74) is 4.33. The molecule has 0 amide bonds. The minimum atomic E-state index is 0.307. The van der Waals surface area contributed by atoms with Gasteiger partial charge in [0.1, 0.15) is 5.76 Å². The van der Waals surface area contributed by atoms with Crippen molar-refractivity contribution in [3.63, 3.8) is 0 Å². The lowest BCUT2D eigenvalue weighted by Crippen LogP contribution is -2.49. The summed E-state index contributed by atoms with van der Waals surface area (Å²) in [6, 6.07) is 6.69. The van der Waals surface area contributed by atoms with Gasteiger partial charge in [-0.1, -0.05) is 11.2 Å². The smallest absolute Gasteiger partial charge is 0.138 e. The number of fused-ring (bicyclic) bond motifs is 1. The van der Waals surface area contributed by atoms with Crippen molar-refractivity contribution in [2.24, 2.45) is 0 Å². The maximum absolute atomic E-state index is 6.17. The fraction of sp³-hybridized carbons (Fsp3) is 0.600. The Balaban J connectivity index is 1.30. The molecule has 2 atom stereocenters. The van der Waals surface area contributed by atoms with Crippen molar-refractivity contribution < 1.29 is 9.26 Å². The van der Waals surface area contributed by atoms with Gasteiger partial charge in [-0.25, -0.2) is 0 Å². The van der Waals surface area contributed by atoms with Crippen LogP contribution in [0.4, 0.5) is 0 Å². The summed E-state index contributed by atoms with van der Waals surface area (Å²) in [7, 11) is 0. The van der Waals surface area contributed by atoms with Gasteiger partial charge >= 0.3 is 0 Å². The zero-order valence-electron chi connectivity index (χ0n) is 15.9. The zero-order chi connectivity index (χ0) is 18.1. The van der Waals surface area contributed by atoms with Crippen LogP contribution in [0.5, 0.6) is 0 Å². The fourth-order valence-electron chi connectivity index (χ4n) is 4.16. The van der Waals surface area contributed by atoms with E-state index in [1.54, 1.807) is 0 Å². The minimum Gasteiger partial charge on any atom is -0.371 e. The molecule has 0 saturated carbocycles. The first kappa shape index (κ1) is 17.6. The minimum absolute atomic E-state index is 0.307. The SMILES string of the molecule is Cc1cccc(CO[C@@H]2C[C@H]3CN(Cc4c(C)noc4C)CCN3C2)n1. The largest absolute Gasteiger partial charge is 0.371 e. The van der Waals surface area contributed by atoms with Crippen LogP contribution in [-0.2, 0) is 17.9 Å². The number of aryl methyl sites for hydroxylation is 3. The predicted molar refractivity (Wildman–Crippen MR) is 98.8 cm³/mol. The molecule has 2 aliphatic heterocycles. The van der Waals surface area contributed by atoms with E-state index in [2.05, 4.69) is 19.9 Å². The van der Waals surface area contributed by atoms with Crippen LogP contribution in [0.15, 0.2) is 22.7 Å². The highest BCUT2D eigenvalue weighted by Gasteiger charge is 2.36.